The molecule has 2 fully saturated rings. The predicted molar refractivity (Wildman–Crippen MR) is 98.5 cm³/mol. The topological polar surface area (TPSA) is 35.6 Å². The van der Waals surface area contributed by atoms with Crippen LogP contribution in [0.3, 0.4) is 0 Å². The summed E-state index contributed by atoms with van der Waals surface area (Å²) in [6, 6.07) is 8.61. The van der Waals surface area contributed by atoms with Crippen LogP contribution in [-0.4, -0.2) is 60.5 Å². The van der Waals surface area contributed by atoms with E-state index in [4.69, 9.17) is 11.6 Å². The lowest BCUT2D eigenvalue weighted by atomic mass is 9.89. The summed E-state index contributed by atoms with van der Waals surface area (Å²) in [6.07, 6.45) is 2.07. The van der Waals surface area contributed by atoms with Gasteiger partial charge in [-0.2, -0.15) is 0 Å². The van der Waals surface area contributed by atoms with Crippen LogP contribution < -0.4 is 5.32 Å². The van der Waals surface area contributed by atoms with Gasteiger partial charge in [0.05, 0.1) is 6.04 Å². The lowest BCUT2D eigenvalue weighted by molar-refractivity contribution is -0.135. The molecule has 3 rings (SSSR count). The Morgan fingerprint density at radius 2 is 1.83 bits per heavy atom. The van der Waals surface area contributed by atoms with E-state index in [1.54, 1.807) is 0 Å². The Bertz CT molecular complexity index is 552. The number of benzene rings is 1. The van der Waals surface area contributed by atoms with Crippen LogP contribution in [0.1, 0.15) is 38.2 Å². The summed E-state index contributed by atoms with van der Waals surface area (Å²) in [7, 11) is 0. The molecule has 5 heteroatoms. The highest BCUT2D eigenvalue weighted by molar-refractivity contribution is 6.30. The highest BCUT2D eigenvalue weighted by Crippen LogP contribution is 2.29. The van der Waals surface area contributed by atoms with Crippen LogP contribution in [0, 0.1) is 0 Å². The molecule has 0 aromatic heterocycles. The molecule has 2 aliphatic rings. The van der Waals surface area contributed by atoms with Crippen molar-refractivity contribution in [1.29, 1.82) is 0 Å². The summed E-state index contributed by atoms with van der Waals surface area (Å²) >= 11 is 5.97. The zero-order valence-electron chi connectivity index (χ0n) is 14.7. The molecule has 1 N–H and O–H groups in total. The van der Waals surface area contributed by atoms with Crippen molar-refractivity contribution in [2.24, 2.45) is 0 Å². The van der Waals surface area contributed by atoms with Gasteiger partial charge in [-0.15, -0.1) is 0 Å². The number of amides is 1. The minimum absolute atomic E-state index is 0.0479. The van der Waals surface area contributed by atoms with Crippen molar-refractivity contribution in [2.45, 2.75) is 44.7 Å². The van der Waals surface area contributed by atoms with E-state index in [9.17, 15) is 4.79 Å². The van der Waals surface area contributed by atoms with Crippen molar-refractivity contribution in [3.05, 3.63) is 34.9 Å². The molecule has 1 aromatic rings. The van der Waals surface area contributed by atoms with Crippen molar-refractivity contribution < 1.29 is 4.79 Å². The minimum atomic E-state index is -0.0479. The molecule has 0 saturated carbocycles. The number of nitrogens with one attached hydrogen (secondary N) is 1. The number of carbonyl (C=O) groups is 1. The van der Waals surface area contributed by atoms with Gasteiger partial charge in [-0.1, -0.05) is 23.7 Å². The summed E-state index contributed by atoms with van der Waals surface area (Å²) < 4.78 is 0. The fourth-order valence-corrected chi connectivity index (χ4v) is 3.92. The van der Waals surface area contributed by atoms with Gasteiger partial charge in [0.2, 0.25) is 5.91 Å². The van der Waals surface area contributed by atoms with Gasteiger partial charge >= 0.3 is 0 Å². The average molecular weight is 350 g/mol. The fraction of sp³-hybridized carbons (Fsp3) is 0.632. The van der Waals surface area contributed by atoms with E-state index in [0.717, 1.165) is 50.6 Å². The average Bonchev–Trinajstić information content (AvgIpc) is 2.62. The van der Waals surface area contributed by atoms with Crippen molar-refractivity contribution in [3.8, 4) is 0 Å². The standard InChI is InChI=1S/C19H28ClN3O/c1-14(2)23-12-9-21-18(13-23)19(24)22-10-7-16(8-11-22)15-3-5-17(20)6-4-15/h3-6,14,16,18,21H,7-13H2,1-2H3. The second-order valence-corrected chi connectivity index (χ2v) is 7.68. The minimum Gasteiger partial charge on any atom is -0.341 e. The lowest BCUT2D eigenvalue weighted by Gasteiger charge is -2.39. The number of halogens is 1. The Kier molecular flexibility index (Phi) is 5.80. The summed E-state index contributed by atoms with van der Waals surface area (Å²) in [4.78, 5) is 17.3. The fourth-order valence-electron chi connectivity index (χ4n) is 3.80. The second-order valence-electron chi connectivity index (χ2n) is 7.25. The number of piperazine rings is 1. The summed E-state index contributed by atoms with van der Waals surface area (Å²) in [5.74, 6) is 0.813. The Labute approximate surface area is 150 Å². The van der Waals surface area contributed by atoms with Gasteiger partial charge in [0, 0.05) is 43.8 Å². The van der Waals surface area contributed by atoms with Gasteiger partial charge < -0.3 is 10.2 Å². The first-order chi connectivity index (χ1) is 11.5. The Balaban J connectivity index is 1.54. The van der Waals surface area contributed by atoms with Crippen LogP contribution in [0.2, 0.25) is 5.02 Å². The zero-order chi connectivity index (χ0) is 17.1. The third kappa shape index (κ3) is 4.11. The van der Waals surface area contributed by atoms with E-state index in [-0.39, 0.29) is 11.9 Å². The maximum absolute atomic E-state index is 12.8. The molecule has 24 heavy (non-hydrogen) atoms. The SMILES string of the molecule is CC(C)N1CCNC(C(=O)N2CCC(c3ccc(Cl)cc3)CC2)C1. The van der Waals surface area contributed by atoms with E-state index in [1.165, 1.54) is 5.56 Å². The maximum Gasteiger partial charge on any atom is 0.241 e. The van der Waals surface area contributed by atoms with E-state index in [1.807, 2.05) is 17.0 Å². The van der Waals surface area contributed by atoms with Crippen molar-refractivity contribution >= 4 is 17.5 Å². The van der Waals surface area contributed by atoms with Gasteiger partial charge in [0.25, 0.3) is 0 Å². The van der Waals surface area contributed by atoms with E-state index >= 15 is 0 Å². The number of piperidine rings is 1. The molecule has 0 radical (unpaired) electrons. The summed E-state index contributed by atoms with van der Waals surface area (Å²) in [5, 5.41) is 4.18. The predicted octanol–water partition coefficient (Wildman–Crippen LogP) is 2.73. The highest BCUT2D eigenvalue weighted by atomic mass is 35.5. The number of rotatable bonds is 3. The molecular weight excluding hydrogens is 322 g/mol. The molecule has 4 nitrogen and oxygen atoms in total. The Morgan fingerprint density at radius 1 is 1.17 bits per heavy atom. The number of hydrogen-bond acceptors (Lipinski definition) is 3. The molecule has 1 atom stereocenters. The van der Waals surface area contributed by atoms with Crippen LogP contribution in [-0.2, 0) is 4.79 Å². The van der Waals surface area contributed by atoms with Gasteiger partial charge in [0.15, 0.2) is 0 Å². The smallest absolute Gasteiger partial charge is 0.241 e. The lowest BCUT2D eigenvalue weighted by Crippen LogP contribution is -2.59. The van der Waals surface area contributed by atoms with Gasteiger partial charge in [0.1, 0.15) is 0 Å². The molecule has 2 aliphatic heterocycles. The van der Waals surface area contributed by atoms with E-state index in [2.05, 4.69) is 36.2 Å². The third-order valence-corrected chi connectivity index (χ3v) is 5.64. The molecular formula is C19H28ClN3O. The first-order valence-electron chi connectivity index (χ1n) is 9.06. The zero-order valence-corrected chi connectivity index (χ0v) is 15.4. The van der Waals surface area contributed by atoms with Crippen LogP contribution in [0.4, 0.5) is 0 Å². The van der Waals surface area contributed by atoms with Crippen molar-refractivity contribution in [3.63, 3.8) is 0 Å². The Morgan fingerprint density at radius 3 is 2.46 bits per heavy atom. The highest BCUT2D eigenvalue weighted by Gasteiger charge is 2.32. The van der Waals surface area contributed by atoms with Gasteiger partial charge in [-0.25, -0.2) is 0 Å². The Hall–Kier alpha value is -1.10. The number of likely N-dealkylation sites (tertiary alicyclic amines) is 1. The number of carbonyl (C=O) groups excluding carboxylic acids is 1. The third-order valence-electron chi connectivity index (χ3n) is 5.38. The summed E-state index contributed by atoms with van der Waals surface area (Å²) in [5.41, 5.74) is 1.34. The first kappa shape index (κ1) is 17.7. The molecule has 0 spiro atoms. The molecule has 0 bridgehead atoms. The van der Waals surface area contributed by atoms with E-state index < -0.39 is 0 Å². The normalized spacial score (nSPS) is 23.7. The van der Waals surface area contributed by atoms with Crippen LogP contribution in [0.15, 0.2) is 24.3 Å². The molecule has 2 heterocycles. The number of hydrogen-bond donors (Lipinski definition) is 1. The summed E-state index contributed by atoms with van der Waals surface area (Å²) in [6.45, 7) is 8.86. The first-order valence-corrected chi connectivity index (χ1v) is 9.44. The number of nitrogens with zero attached hydrogens (tertiary/aromatic N) is 2. The molecule has 1 amide bonds. The van der Waals surface area contributed by atoms with Crippen LogP contribution in [0.25, 0.3) is 0 Å². The van der Waals surface area contributed by atoms with Crippen LogP contribution >= 0.6 is 11.6 Å². The second kappa shape index (κ2) is 7.85. The maximum atomic E-state index is 12.8. The van der Waals surface area contributed by atoms with E-state index in [0.29, 0.717) is 12.0 Å². The molecule has 1 aromatic carbocycles. The quantitative estimate of drug-likeness (QED) is 0.911. The van der Waals surface area contributed by atoms with Crippen molar-refractivity contribution in [2.75, 3.05) is 32.7 Å². The molecule has 132 valence electrons. The largest absolute Gasteiger partial charge is 0.341 e. The van der Waals surface area contributed by atoms with Gasteiger partial charge in [-0.3, -0.25) is 9.69 Å². The molecule has 1 unspecified atom stereocenters. The van der Waals surface area contributed by atoms with Crippen molar-refractivity contribution in [1.82, 2.24) is 15.1 Å². The van der Waals surface area contributed by atoms with Crippen LogP contribution in [0.5, 0.6) is 0 Å². The molecule has 0 aliphatic carbocycles. The molecule has 2 saturated heterocycles. The monoisotopic (exact) mass is 349 g/mol. The van der Waals surface area contributed by atoms with Gasteiger partial charge in [-0.05, 0) is 50.3 Å².